The summed E-state index contributed by atoms with van der Waals surface area (Å²) >= 11 is 0. The molecule has 0 unspecified atom stereocenters. The smallest absolute Gasteiger partial charge is 0.227 e. The minimum atomic E-state index is 0. The largest absolute Gasteiger partial charge is 0.497 e. The van der Waals surface area contributed by atoms with Crippen molar-refractivity contribution in [2.45, 2.75) is 32.8 Å². The number of halogens is 1. The van der Waals surface area contributed by atoms with Crippen LogP contribution >= 0.6 is 12.4 Å². The normalized spacial score (nSPS) is 15.1. The molecule has 2 rings (SSSR count). The number of benzene rings is 1. The van der Waals surface area contributed by atoms with Gasteiger partial charge in [-0.1, -0.05) is 0 Å². The molecule has 0 bridgehead atoms. The molecule has 1 aliphatic heterocycles. The molecular weight excluding hydrogens is 304 g/mol. The monoisotopic (exact) mass is 328 g/mol. The summed E-state index contributed by atoms with van der Waals surface area (Å²) in [5.41, 5.74) is 0.673. The Labute approximate surface area is 138 Å². The first-order valence-electron chi connectivity index (χ1n) is 7.46. The van der Waals surface area contributed by atoms with Gasteiger partial charge in [0.25, 0.3) is 0 Å². The zero-order chi connectivity index (χ0) is 15.2. The molecule has 1 heterocycles. The molecule has 0 saturated carbocycles. The van der Waals surface area contributed by atoms with E-state index in [1.165, 1.54) is 0 Å². The lowest BCUT2D eigenvalue weighted by Gasteiger charge is -2.23. The van der Waals surface area contributed by atoms with Gasteiger partial charge in [-0.3, -0.25) is 4.79 Å². The Kier molecular flexibility index (Phi) is 7.48. The highest BCUT2D eigenvalue weighted by molar-refractivity contribution is 5.94. The summed E-state index contributed by atoms with van der Waals surface area (Å²) in [4.78, 5) is 12.4. The predicted molar refractivity (Wildman–Crippen MR) is 90.2 cm³/mol. The predicted octanol–water partition coefficient (Wildman–Crippen LogP) is 2.84. The first-order valence-corrected chi connectivity index (χ1v) is 7.46. The van der Waals surface area contributed by atoms with Crippen LogP contribution in [0.15, 0.2) is 18.2 Å². The van der Waals surface area contributed by atoms with Crippen LogP contribution in [0.5, 0.6) is 11.5 Å². The number of carbonyl (C=O) groups is 1. The third kappa shape index (κ3) is 5.07. The van der Waals surface area contributed by atoms with Crippen LogP contribution in [0.25, 0.3) is 0 Å². The molecule has 1 saturated heterocycles. The Morgan fingerprint density at radius 2 is 2.00 bits per heavy atom. The Balaban J connectivity index is 0.00000242. The molecule has 1 aliphatic rings. The summed E-state index contributed by atoms with van der Waals surface area (Å²) in [6, 6.07) is 5.46. The van der Waals surface area contributed by atoms with Gasteiger partial charge < -0.3 is 20.1 Å². The molecule has 22 heavy (non-hydrogen) atoms. The molecule has 1 amide bonds. The average Bonchev–Trinajstić information content (AvgIpc) is 2.49. The van der Waals surface area contributed by atoms with Crippen LogP contribution < -0.4 is 20.1 Å². The number of amides is 1. The van der Waals surface area contributed by atoms with Crippen molar-refractivity contribution in [3.8, 4) is 11.5 Å². The fourth-order valence-electron chi connectivity index (χ4n) is 2.41. The summed E-state index contributed by atoms with van der Waals surface area (Å²) in [7, 11) is 1.61. The fourth-order valence-corrected chi connectivity index (χ4v) is 2.41. The molecule has 1 aromatic carbocycles. The first-order chi connectivity index (χ1) is 10.1. The van der Waals surface area contributed by atoms with Crippen molar-refractivity contribution in [1.82, 2.24) is 5.32 Å². The van der Waals surface area contributed by atoms with Crippen LogP contribution in [0.3, 0.4) is 0 Å². The number of piperidine rings is 1. The number of nitrogens with one attached hydrogen (secondary N) is 2. The standard InChI is InChI=1S/C16H24N2O3.ClH/c1-11(2)21-15-5-4-13(20-3)10-14(15)18-16(19)12-6-8-17-9-7-12;/h4-5,10-12,17H,6-9H2,1-3H3,(H,18,19);1H. The SMILES string of the molecule is COc1ccc(OC(C)C)c(NC(=O)C2CCNCC2)c1.Cl. The Morgan fingerprint density at radius 1 is 1.32 bits per heavy atom. The highest BCUT2D eigenvalue weighted by Gasteiger charge is 2.22. The van der Waals surface area contributed by atoms with Gasteiger partial charge >= 0.3 is 0 Å². The van der Waals surface area contributed by atoms with Crippen molar-refractivity contribution in [1.29, 1.82) is 0 Å². The van der Waals surface area contributed by atoms with Crippen molar-refractivity contribution < 1.29 is 14.3 Å². The molecule has 1 fully saturated rings. The van der Waals surface area contributed by atoms with Gasteiger partial charge in [0.15, 0.2) is 0 Å². The number of hydrogen-bond acceptors (Lipinski definition) is 4. The van der Waals surface area contributed by atoms with Crippen molar-refractivity contribution >= 4 is 24.0 Å². The average molecular weight is 329 g/mol. The third-order valence-electron chi connectivity index (χ3n) is 3.52. The molecule has 0 atom stereocenters. The van der Waals surface area contributed by atoms with Crippen molar-refractivity contribution in [2.75, 3.05) is 25.5 Å². The van der Waals surface area contributed by atoms with Gasteiger partial charge in [0, 0.05) is 12.0 Å². The summed E-state index contributed by atoms with van der Waals surface area (Å²) < 4.78 is 11.0. The summed E-state index contributed by atoms with van der Waals surface area (Å²) in [5.74, 6) is 1.49. The second kappa shape index (κ2) is 8.86. The number of ether oxygens (including phenoxy) is 2. The van der Waals surface area contributed by atoms with E-state index in [0.29, 0.717) is 17.2 Å². The zero-order valence-corrected chi connectivity index (χ0v) is 14.2. The van der Waals surface area contributed by atoms with E-state index in [1.54, 1.807) is 13.2 Å². The van der Waals surface area contributed by atoms with Gasteiger partial charge in [-0.2, -0.15) is 0 Å². The second-order valence-electron chi connectivity index (χ2n) is 5.54. The molecule has 0 aromatic heterocycles. The minimum absolute atomic E-state index is 0. The van der Waals surface area contributed by atoms with Gasteiger partial charge in [-0.05, 0) is 51.9 Å². The van der Waals surface area contributed by atoms with Crippen molar-refractivity contribution in [2.24, 2.45) is 5.92 Å². The molecule has 2 N–H and O–H groups in total. The van der Waals surface area contributed by atoms with Gasteiger partial charge in [0.2, 0.25) is 5.91 Å². The molecule has 0 spiro atoms. The number of methoxy groups -OCH3 is 1. The molecule has 1 aromatic rings. The summed E-state index contributed by atoms with van der Waals surface area (Å²) in [6.07, 6.45) is 1.79. The Hall–Kier alpha value is -1.46. The first kappa shape index (κ1) is 18.6. The quantitative estimate of drug-likeness (QED) is 0.872. The molecule has 6 heteroatoms. The lowest BCUT2D eigenvalue weighted by molar-refractivity contribution is -0.120. The maximum atomic E-state index is 12.4. The highest BCUT2D eigenvalue weighted by Crippen LogP contribution is 2.31. The van der Waals surface area contributed by atoms with E-state index in [0.717, 1.165) is 25.9 Å². The van der Waals surface area contributed by atoms with E-state index in [9.17, 15) is 4.79 Å². The van der Waals surface area contributed by atoms with Gasteiger partial charge in [-0.25, -0.2) is 0 Å². The molecule has 0 radical (unpaired) electrons. The topological polar surface area (TPSA) is 59.6 Å². The molecule has 124 valence electrons. The van der Waals surface area contributed by atoms with Crippen LogP contribution in [0.1, 0.15) is 26.7 Å². The van der Waals surface area contributed by atoms with Crippen LogP contribution in [-0.2, 0) is 4.79 Å². The lowest BCUT2D eigenvalue weighted by Crippen LogP contribution is -2.34. The van der Waals surface area contributed by atoms with Gasteiger partial charge in [0.05, 0.1) is 18.9 Å². The maximum Gasteiger partial charge on any atom is 0.227 e. The number of hydrogen-bond donors (Lipinski definition) is 2. The van der Waals surface area contributed by atoms with E-state index in [4.69, 9.17) is 9.47 Å². The van der Waals surface area contributed by atoms with Crippen LogP contribution in [0, 0.1) is 5.92 Å². The lowest BCUT2D eigenvalue weighted by atomic mass is 9.97. The maximum absolute atomic E-state index is 12.4. The Morgan fingerprint density at radius 3 is 2.59 bits per heavy atom. The van der Waals surface area contributed by atoms with Gasteiger partial charge in [0.1, 0.15) is 11.5 Å². The molecule has 0 aliphatic carbocycles. The summed E-state index contributed by atoms with van der Waals surface area (Å²) in [5, 5.41) is 6.25. The van der Waals surface area contributed by atoms with E-state index in [2.05, 4.69) is 10.6 Å². The summed E-state index contributed by atoms with van der Waals surface area (Å²) in [6.45, 7) is 5.71. The third-order valence-corrected chi connectivity index (χ3v) is 3.52. The number of carbonyl (C=O) groups excluding carboxylic acids is 1. The minimum Gasteiger partial charge on any atom is -0.497 e. The van der Waals surface area contributed by atoms with E-state index < -0.39 is 0 Å². The number of rotatable bonds is 5. The van der Waals surface area contributed by atoms with Crippen LogP contribution in [-0.4, -0.2) is 32.2 Å². The Bertz CT molecular complexity index is 488. The van der Waals surface area contributed by atoms with Crippen molar-refractivity contribution in [3.05, 3.63) is 18.2 Å². The zero-order valence-electron chi connectivity index (χ0n) is 13.3. The van der Waals surface area contributed by atoms with Crippen molar-refractivity contribution in [3.63, 3.8) is 0 Å². The van der Waals surface area contributed by atoms with E-state index >= 15 is 0 Å². The van der Waals surface area contributed by atoms with E-state index in [1.807, 2.05) is 26.0 Å². The second-order valence-corrected chi connectivity index (χ2v) is 5.54. The molecule has 5 nitrogen and oxygen atoms in total. The van der Waals surface area contributed by atoms with Crippen LogP contribution in [0.4, 0.5) is 5.69 Å². The van der Waals surface area contributed by atoms with E-state index in [-0.39, 0.29) is 30.3 Å². The van der Waals surface area contributed by atoms with Crippen LogP contribution in [0.2, 0.25) is 0 Å². The highest BCUT2D eigenvalue weighted by atomic mass is 35.5. The number of anilines is 1. The van der Waals surface area contributed by atoms with Gasteiger partial charge in [-0.15, -0.1) is 12.4 Å². The molecular formula is C16H25ClN2O3. The fraction of sp³-hybridized carbons (Fsp3) is 0.562.